The maximum absolute atomic E-state index is 6.72. The predicted octanol–water partition coefficient (Wildman–Crippen LogP) is 5.12. The Balaban J connectivity index is 1.00. The summed E-state index contributed by atoms with van der Waals surface area (Å²) in [7, 11) is 0. The van der Waals surface area contributed by atoms with E-state index in [2.05, 4.69) is 77.7 Å². The van der Waals surface area contributed by atoms with Crippen molar-refractivity contribution >= 4 is 28.0 Å². The summed E-state index contributed by atoms with van der Waals surface area (Å²) in [6, 6.07) is 7.51. The second-order valence-electron chi connectivity index (χ2n) is 14.7. The number of hydrogen-bond donors (Lipinski definition) is 2. The van der Waals surface area contributed by atoms with Crippen LogP contribution in [0.25, 0.3) is 22.2 Å². The van der Waals surface area contributed by atoms with E-state index in [4.69, 9.17) is 24.9 Å². The van der Waals surface area contributed by atoms with Gasteiger partial charge in [-0.3, -0.25) is 9.47 Å². The first kappa shape index (κ1) is 29.6. The minimum Gasteiger partial charge on any atom is -0.382 e. The molecule has 4 atom stereocenters. The van der Waals surface area contributed by atoms with Crippen LogP contribution in [0.15, 0.2) is 30.9 Å². The van der Waals surface area contributed by atoms with Crippen LogP contribution in [0.2, 0.25) is 0 Å². The van der Waals surface area contributed by atoms with Gasteiger partial charge in [-0.2, -0.15) is 0 Å². The molecular formula is C33H46N8O3. The zero-order valence-corrected chi connectivity index (χ0v) is 26.9. The van der Waals surface area contributed by atoms with Crippen molar-refractivity contribution in [3.8, 4) is 0 Å². The van der Waals surface area contributed by atoms with Gasteiger partial charge in [-0.15, -0.1) is 0 Å². The Kier molecular flexibility index (Phi) is 7.23. The van der Waals surface area contributed by atoms with Crippen LogP contribution < -0.4 is 5.73 Å². The van der Waals surface area contributed by atoms with Crippen LogP contribution in [0.4, 0.5) is 5.82 Å². The number of H-pyrrole nitrogens is 1. The van der Waals surface area contributed by atoms with Gasteiger partial charge in [0.15, 0.2) is 23.5 Å². The Morgan fingerprint density at radius 1 is 1.11 bits per heavy atom. The van der Waals surface area contributed by atoms with Crippen LogP contribution in [-0.2, 0) is 26.0 Å². The van der Waals surface area contributed by atoms with Crippen molar-refractivity contribution in [3.05, 3.63) is 42.2 Å². The molecule has 1 aliphatic carbocycles. The molecule has 11 heteroatoms. The Labute approximate surface area is 258 Å². The molecule has 7 rings (SSSR count). The van der Waals surface area contributed by atoms with Gasteiger partial charge < -0.3 is 24.9 Å². The van der Waals surface area contributed by atoms with Gasteiger partial charge in [-0.05, 0) is 76.0 Å². The van der Waals surface area contributed by atoms with Gasteiger partial charge >= 0.3 is 0 Å². The molecule has 0 radical (unpaired) electrons. The minimum absolute atomic E-state index is 0.117. The van der Waals surface area contributed by atoms with Gasteiger partial charge in [0.25, 0.3) is 0 Å². The molecule has 0 spiro atoms. The van der Waals surface area contributed by atoms with Gasteiger partial charge in [-0.25, -0.2) is 19.9 Å². The van der Waals surface area contributed by atoms with Crippen molar-refractivity contribution in [1.82, 2.24) is 34.4 Å². The fraction of sp³-hybridized carbons (Fsp3) is 0.636. The third-order valence-corrected chi connectivity index (χ3v) is 9.71. The average Bonchev–Trinajstić information content (AvgIpc) is 3.68. The second kappa shape index (κ2) is 10.8. The molecule has 1 aromatic carbocycles. The van der Waals surface area contributed by atoms with Crippen molar-refractivity contribution in [2.45, 2.75) is 122 Å². The van der Waals surface area contributed by atoms with E-state index in [1.807, 2.05) is 18.4 Å². The first-order valence-corrected chi connectivity index (χ1v) is 16.1. The molecule has 5 heterocycles. The zero-order chi connectivity index (χ0) is 31.0. The summed E-state index contributed by atoms with van der Waals surface area (Å²) in [5.41, 5.74) is 10.9. The fourth-order valence-electron chi connectivity index (χ4n) is 7.27. The van der Waals surface area contributed by atoms with E-state index in [9.17, 15) is 0 Å². The van der Waals surface area contributed by atoms with Crippen LogP contribution in [0.1, 0.15) is 85.3 Å². The molecular weight excluding hydrogens is 556 g/mol. The molecule has 0 amide bonds. The van der Waals surface area contributed by atoms with E-state index < -0.39 is 12.0 Å². The van der Waals surface area contributed by atoms with E-state index in [0.29, 0.717) is 35.0 Å². The second-order valence-corrected chi connectivity index (χ2v) is 14.7. The third kappa shape index (κ3) is 5.37. The van der Waals surface area contributed by atoms with E-state index in [1.165, 1.54) is 24.7 Å². The molecule has 44 heavy (non-hydrogen) atoms. The monoisotopic (exact) mass is 602 g/mol. The smallest absolute Gasteiger partial charge is 0.167 e. The van der Waals surface area contributed by atoms with Crippen molar-refractivity contribution in [2.24, 2.45) is 5.92 Å². The third-order valence-electron chi connectivity index (χ3n) is 9.71. The molecule has 3 aromatic heterocycles. The molecule has 236 valence electrons. The Bertz CT molecular complexity index is 1650. The first-order valence-electron chi connectivity index (χ1n) is 16.1. The van der Waals surface area contributed by atoms with Crippen LogP contribution in [0, 0.1) is 5.92 Å². The highest BCUT2D eigenvalue weighted by molar-refractivity contribution is 5.81. The molecule has 4 aromatic rings. The van der Waals surface area contributed by atoms with Crippen molar-refractivity contribution < 1.29 is 14.2 Å². The summed E-state index contributed by atoms with van der Waals surface area (Å²) >= 11 is 0. The molecule has 3 N–H and O–H groups in total. The molecule has 2 aliphatic heterocycles. The molecule has 1 saturated carbocycles. The van der Waals surface area contributed by atoms with Gasteiger partial charge in [0.1, 0.15) is 36.0 Å². The number of aryl methyl sites for hydroxylation is 1. The zero-order valence-electron chi connectivity index (χ0n) is 26.9. The average molecular weight is 603 g/mol. The fourth-order valence-corrected chi connectivity index (χ4v) is 7.27. The number of nitrogens with one attached hydrogen (secondary N) is 1. The Morgan fingerprint density at radius 2 is 1.89 bits per heavy atom. The van der Waals surface area contributed by atoms with Crippen molar-refractivity contribution in [2.75, 3.05) is 12.3 Å². The van der Waals surface area contributed by atoms with Gasteiger partial charge in [0.2, 0.25) is 0 Å². The lowest BCUT2D eigenvalue weighted by molar-refractivity contribution is -0.199. The number of ether oxygens (including phenoxy) is 3. The summed E-state index contributed by atoms with van der Waals surface area (Å²) in [6.07, 6.45) is 6.61. The van der Waals surface area contributed by atoms with Crippen molar-refractivity contribution in [1.29, 1.82) is 0 Å². The number of nitrogens with zero attached hydrogens (tertiary/aromatic N) is 6. The highest BCUT2D eigenvalue weighted by Crippen LogP contribution is 2.45. The lowest BCUT2D eigenvalue weighted by atomic mass is 9.76. The van der Waals surface area contributed by atoms with Gasteiger partial charge in [0.05, 0.1) is 17.4 Å². The number of imidazole rings is 2. The number of benzene rings is 1. The number of anilines is 1. The van der Waals surface area contributed by atoms with E-state index in [-0.39, 0.29) is 23.7 Å². The van der Waals surface area contributed by atoms with Gasteiger partial charge in [0, 0.05) is 25.0 Å². The summed E-state index contributed by atoms with van der Waals surface area (Å²) in [6.45, 7) is 16.0. The lowest BCUT2D eigenvalue weighted by Gasteiger charge is -2.46. The first-order chi connectivity index (χ1) is 20.9. The van der Waals surface area contributed by atoms with E-state index in [0.717, 1.165) is 36.2 Å². The molecule has 1 unspecified atom stereocenters. The number of hydrogen-bond acceptors (Lipinski definition) is 9. The highest BCUT2D eigenvalue weighted by atomic mass is 16.8. The number of nitrogen functional groups attached to an aromatic ring is 1. The summed E-state index contributed by atoms with van der Waals surface area (Å²) in [5, 5.41) is 0. The van der Waals surface area contributed by atoms with Crippen LogP contribution in [0.3, 0.4) is 0 Å². The normalized spacial score (nSPS) is 28.4. The molecule has 3 fully saturated rings. The van der Waals surface area contributed by atoms with Crippen molar-refractivity contribution in [3.63, 3.8) is 0 Å². The molecule has 3 aliphatic rings. The summed E-state index contributed by atoms with van der Waals surface area (Å²) in [4.78, 5) is 24.1. The quantitative estimate of drug-likeness (QED) is 0.282. The molecule has 11 nitrogen and oxygen atoms in total. The maximum Gasteiger partial charge on any atom is 0.167 e. The topological polar surface area (TPSA) is 129 Å². The largest absolute Gasteiger partial charge is 0.382 e. The highest BCUT2D eigenvalue weighted by Gasteiger charge is 2.57. The van der Waals surface area contributed by atoms with E-state index >= 15 is 0 Å². The number of aromatic nitrogens is 6. The standard InChI is InChI=1S/C33H46N8O3/c1-18(2)40(21-12-19(13-21)8-11-25-38-22-10-9-20(32(3,4)5)14-23(22)39-25)15-24-27-28(44-33(6,7)43-27)31(42-24)41-17-37-26-29(34)35-16-36-30(26)41/h9-10,14,16-19,21,24,27-28,31H,8,11-13,15H2,1-7H3,(H,38,39)(H2,34,35,36)/t19-,21+,24-,27-,28-,31?/m1/s1. The Morgan fingerprint density at radius 3 is 2.64 bits per heavy atom. The molecule has 0 bridgehead atoms. The lowest BCUT2D eigenvalue weighted by Crippen LogP contribution is -2.52. The summed E-state index contributed by atoms with van der Waals surface area (Å²) < 4.78 is 21.5. The summed E-state index contributed by atoms with van der Waals surface area (Å²) in [5.74, 6) is 1.43. The van der Waals surface area contributed by atoms with Crippen LogP contribution in [0.5, 0.6) is 0 Å². The minimum atomic E-state index is -0.699. The maximum atomic E-state index is 6.72. The number of aromatic amines is 1. The van der Waals surface area contributed by atoms with Gasteiger partial charge in [-0.1, -0.05) is 26.8 Å². The number of rotatable bonds is 8. The van der Waals surface area contributed by atoms with E-state index in [1.54, 1.807) is 6.33 Å². The SMILES string of the molecule is CC(C)N(C[C@H]1OC(n2cnc3c(N)ncnc32)[C@@H]2OC(C)(C)O[C@H]12)[C@H]1C[C@@H](CCc2nc3cc(C(C)(C)C)ccc3[nH]2)C1. The van der Waals surface area contributed by atoms with Crippen LogP contribution in [-0.4, -0.2) is 77.1 Å². The number of nitrogens with two attached hydrogens (primary N) is 1. The van der Waals surface area contributed by atoms with Crippen LogP contribution >= 0.6 is 0 Å². The number of fused-ring (bicyclic) bond motifs is 3. The Hall–Kier alpha value is -3.12. The predicted molar refractivity (Wildman–Crippen MR) is 169 cm³/mol. The molecule has 2 saturated heterocycles.